The van der Waals surface area contributed by atoms with E-state index in [1.807, 2.05) is 0 Å². The van der Waals surface area contributed by atoms with Gasteiger partial charge in [0, 0.05) is 26.3 Å². The molecular formula is C27H26O10. The predicted octanol–water partition coefficient (Wildman–Crippen LogP) is 2.80. The van der Waals surface area contributed by atoms with E-state index < -0.39 is 60.9 Å². The Morgan fingerprint density at radius 1 is 0.622 bits per heavy atom. The Labute approximate surface area is 213 Å². The molecule has 37 heavy (non-hydrogen) atoms. The van der Waals surface area contributed by atoms with Crippen molar-refractivity contribution in [3.63, 3.8) is 0 Å². The van der Waals surface area contributed by atoms with Crippen molar-refractivity contribution in [1.82, 2.24) is 0 Å². The lowest BCUT2D eigenvalue weighted by Gasteiger charge is -2.39. The molecule has 4 unspecified atom stereocenters. The van der Waals surface area contributed by atoms with E-state index in [2.05, 4.69) is 0 Å². The number of hydrogen-bond donors (Lipinski definition) is 0. The molecule has 0 fully saturated rings. The summed E-state index contributed by atoms with van der Waals surface area (Å²) in [5.41, 5.74) is 0.630. The Hall–Kier alpha value is -4.47. The molecule has 0 saturated heterocycles. The average Bonchev–Trinajstić information content (AvgIpc) is 2.86. The van der Waals surface area contributed by atoms with Crippen molar-refractivity contribution in [2.45, 2.75) is 45.2 Å². The number of ether oxygens (including phenoxy) is 5. The van der Waals surface area contributed by atoms with Crippen molar-refractivity contribution >= 4 is 29.8 Å². The number of carbonyl (C=O) groups is 5. The topological polar surface area (TPSA) is 132 Å². The smallest absolute Gasteiger partial charge is 0.338 e. The summed E-state index contributed by atoms with van der Waals surface area (Å²) < 4.78 is 27.2. The summed E-state index contributed by atoms with van der Waals surface area (Å²) in [7, 11) is 0. The van der Waals surface area contributed by atoms with Crippen molar-refractivity contribution < 1.29 is 47.7 Å². The largest absolute Gasteiger partial charge is 0.457 e. The minimum Gasteiger partial charge on any atom is -0.457 e. The first-order valence-electron chi connectivity index (χ1n) is 11.4. The number of hydrogen-bond acceptors (Lipinski definition) is 10. The predicted molar refractivity (Wildman–Crippen MR) is 127 cm³/mol. The zero-order valence-electron chi connectivity index (χ0n) is 20.4. The number of carbonyl (C=O) groups excluding carboxylic acids is 5. The van der Waals surface area contributed by atoms with Gasteiger partial charge in [-0.15, -0.1) is 0 Å². The van der Waals surface area contributed by atoms with Gasteiger partial charge in [-0.2, -0.15) is 0 Å². The van der Waals surface area contributed by atoms with Crippen LogP contribution in [0.25, 0.3) is 0 Å². The highest BCUT2D eigenvalue weighted by Crippen LogP contribution is 2.31. The Kier molecular flexibility index (Phi) is 9.15. The summed E-state index contributed by atoms with van der Waals surface area (Å²) in [5.74, 6) is -3.66. The second-order valence-electron chi connectivity index (χ2n) is 8.10. The van der Waals surface area contributed by atoms with Gasteiger partial charge in [-0.1, -0.05) is 36.4 Å². The van der Waals surface area contributed by atoms with Gasteiger partial charge in [0.2, 0.25) is 0 Å². The van der Waals surface area contributed by atoms with Gasteiger partial charge in [-0.3, -0.25) is 14.4 Å². The summed E-state index contributed by atoms with van der Waals surface area (Å²) in [5, 5.41) is 0. The molecule has 0 heterocycles. The lowest BCUT2D eigenvalue weighted by molar-refractivity contribution is -0.184. The molecule has 0 aromatic heterocycles. The standard InChI is InChI=1S/C27H26O10/c1-16(28)34-22-14-21(15-33-26(31)19-10-6-4-7-11-19)23(35-17(2)29)25(24(22)36-18(3)30)37-27(32)20-12-8-5-9-13-20/h4-14,22-25H,15H2,1-3H3. The zero-order chi connectivity index (χ0) is 26.9. The van der Waals surface area contributed by atoms with Crippen LogP contribution >= 0.6 is 0 Å². The molecule has 3 rings (SSSR count). The molecule has 0 amide bonds. The molecule has 2 aromatic carbocycles. The normalized spacial score (nSPS) is 20.6. The molecule has 10 nitrogen and oxygen atoms in total. The van der Waals surface area contributed by atoms with E-state index in [0.717, 1.165) is 20.8 Å². The van der Waals surface area contributed by atoms with Crippen LogP contribution < -0.4 is 0 Å². The Bertz CT molecular complexity index is 1170. The fourth-order valence-corrected chi connectivity index (χ4v) is 3.74. The number of rotatable bonds is 8. The summed E-state index contributed by atoms with van der Waals surface area (Å²) in [6, 6.07) is 16.2. The van der Waals surface area contributed by atoms with Gasteiger partial charge in [0.25, 0.3) is 0 Å². The van der Waals surface area contributed by atoms with Gasteiger partial charge in [0.05, 0.1) is 11.1 Å². The molecule has 4 atom stereocenters. The van der Waals surface area contributed by atoms with Crippen LogP contribution in [-0.4, -0.2) is 60.9 Å². The van der Waals surface area contributed by atoms with Crippen LogP contribution in [0, 0.1) is 0 Å². The summed E-state index contributed by atoms with van der Waals surface area (Å²) in [6.45, 7) is 3.03. The molecule has 0 saturated carbocycles. The van der Waals surface area contributed by atoms with Gasteiger partial charge in [-0.25, -0.2) is 9.59 Å². The Morgan fingerprint density at radius 3 is 1.65 bits per heavy atom. The minimum atomic E-state index is -1.43. The summed E-state index contributed by atoms with van der Waals surface area (Å²) in [6.07, 6.45) is -3.97. The maximum atomic E-state index is 12.9. The lowest BCUT2D eigenvalue weighted by Crippen LogP contribution is -2.55. The van der Waals surface area contributed by atoms with E-state index in [-0.39, 0.29) is 16.7 Å². The van der Waals surface area contributed by atoms with Crippen LogP contribution in [0.4, 0.5) is 0 Å². The molecule has 0 bridgehead atoms. The highest BCUT2D eigenvalue weighted by molar-refractivity contribution is 5.90. The van der Waals surface area contributed by atoms with Crippen molar-refractivity contribution in [1.29, 1.82) is 0 Å². The molecule has 0 radical (unpaired) electrons. The molecule has 194 valence electrons. The molecule has 1 aliphatic carbocycles. The molecule has 10 heteroatoms. The lowest BCUT2D eigenvalue weighted by atomic mass is 9.88. The van der Waals surface area contributed by atoms with Crippen molar-refractivity contribution in [2.75, 3.05) is 6.61 Å². The monoisotopic (exact) mass is 510 g/mol. The second-order valence-corrected chi connectivity index (χ2v) is 8.10. The van der Waals surface area contributed by atoms with Crippen molar-refractivity contribution in [2.24, 2.45) is 0 Å². The van der Waals surface area contributed by atoms with E-state index >= 15 is 0 Å². The minimum absolute atomic E-state index is 0.167. The first-order chi connectivity index (χ1) is 17.7. The molecule has 0 N–H and O–H groups in total. The molecule has 2 aromatic rings. The fourth-order valence-electron chi connectivity index (χ4n) is 3.74. The van der Waals surface area contributed by atoms with Crippen LogP contribution in [0.5, 0.6) is 0 Å². The first kappa shape index (κ1) is 27.1. The maximum Gasteiger partial charge on any atom is 0.338 e. The van der Waals surface area contributed by atoms with Gasteiger partial charge >= 0.3 is 29.8 Å². The molecule has 0 aliphatic heterocycles. The average molecular weight is 510 g/mol. The highest BCUT2D eigenvalue weighted by atomic mass is 16.6. The van der Waals surface area contributed by atoms with Gasteiger partial charge < -0.3 is 23.7 Å². The van der Waals surface area contributed by atoms with E-state index in [0.29, 0.717) is 0 Å². The van der Waals surface area contributed by atoms with E-state index in [1.54, 1.807) is 48.5 Å². The maximum absolute atomic E-state index is 12.9. The van der Waals surface area contributed by atoms with E-state index in [4.69, 9.17) is 23.7 Å². The molecule has 0 spiro atoms. The van der Waals surface area contributed by atoms with Crippen LogP contribution in [0.2, 0.25) is 0 Å². The fraction of sp³-hybridized carbons (Fsp3) is 0.296. The highest BCUT2D eigenvalue weighted by Gasteiger charge is 2.48. The van der Waals surface area contributed by atoms with Crippen molar-refractivity contribution in [3.8, 4) is 0 Å². The van der Waals surface area contributed by atoms with Crippen LogP contribution in [0.3, 0.4) is 0 Å². The van der Waals surface area contributed by atoms with Gasteiger partial charge in [0.1, 0.15) is 6.61 Å². The Morgan fingerprint density at radius 2 is 1.14 bits per heavy atom. The number of benzene rings is 2. The molecular weight excluding hydrogens is 484 g/mol. The van der Waals surface area contributed by atoms with Crippen molar-refractivity contribution in [3.05, 3.63) is 83.4 Å². The quantitative estimate of drug-likeness (QED) is 0.297. The third kappa shape index (κ3) is 7.50. The second kappa shape index (κ2) is 12.5. The van der Waals surface area contributed by atoms with Crippen LogP contribution in [0.15, 0.2) is 72.3 Å². The summed E-state index contributed by atoms with van der Waals surface area (Å²) >= 11 is 0. The summed E-state index contributed by atoms with van der Waals surface area (Å²) in [4.78, 5) is 61.3. The SMILES string of the molecule is CC(=O)OC1C=C(COC(=O)c2ccccc2)C(OC(C)=O)C(OC(=O)c2ccccc2)C1OC(C)=O. The Balaban J connectivity index is 1.99. The zero-order valence-corrected chi connectivity index (χ0v) is 20.4. The third-order valence-corrected chi connectivity index (χ3v) is 5.22. The van der Waals surface area contributed by atoms with Gasteiger partial charge in [0.15, 0.2) is 24.4 Å². The van der Waals surface area contributed by atoms with E-state index in [1.165, 1.54) is 18.2 Å². The van der Waals surface area contributed by atoms with Gasteiger partial charge in [-0.05, 0) is 30.3 Å². The van der Waals surface area contributed by atoms with Crippen LogP contribution in [0.1, 0.15) is 41.5 Å². The first-order valence-corrected chi connectivity index (χ1v) is 11.4. The molecule has 1 aliphatic rings. The number of esters is 5. The third-order valence-electron chi connectivity index (χ3n) is 5.22. The van der Waals surface area contributed by atoms with E-state index in [9.17, 15) is 24.0 Å². The van der Waals surface area contributed by atoms with Crippen LogP contribution in [-0.2, 0) is 38.1 Å².